The van der Waals surface area contributed by atoms with Crippen LogP contribution in [-0.2, 0) is 6.54 Å². The summed E-state index contributed by atoms with van der Waals surface area (Å²) in [7, 11) is 0. The van der Waals surface area contributed by atoms with E-state index in [1.165, 1.54) is 6.07 Å². The van der Waals surface area contributed by atoms with E-state index in [0.717, 1.165) is 18.5 Å². The number of nitro benzene ring substituents is 1. The maximum Gasteiger partial charge on any atom is 0.310 e. The Morgan fingerprint density at radius 3 is 2.89 bits per heavy atom. The first-order valence-corrected chi connectivity index (χ1v) is 6.78. The fourth-order valence-corrected chi connectivity index (χ4v) is 1.61. The summed E-state index contributed by atoms with van der Waals surface area (Å²) in [4.78, 5) is 10.5. The number of hydrogen-bond donors (Lipinski definition) is 1. The van der Waals surface area contributed by atoms with Crippen LogP contribution in [0.2, 0.25) is 0 Å². The Balaban J connectivity index is 2.84. The fourth-order valence-electron chi connectivity index (χ4n) is 1.50. The largest absolute Gasteiger partial charge is 0.481 e. The lowest BCUT2D eigenvalue weighted by atomic mass is 10.2. The Labute approximate surface area is 120 Å². The molecular formula is C13H17BrN2O3. The molecule has 0 aliphatic carbocycles. The summed E-state index contributed by atoms with van der Waals surface area (Å²) < 4.78 is 6.03. The van der Waals surface area contributed by atoms with Crippen LogP contribution in [0.5, 0.6) is 5.75 Å². The van der Waals surface area contributed by atoms with E-state index >= 15 is 0 Å². The third-order valence-electron chi connectivity index (χ3n) is 2.36. The molecule has 104 valence electrons. The van der Waals surface area contributed by atoms with E-state index in [1.807, 2.05) is 0 Å². The van der Waals surface area contributed by atoms with Crippen LogP contribution in [0.1, 0.15) is 18.9 Å². The van der Waals surface area contributed by atoms with Gasteiger partial charge in [-0.2, -0.15) is 0 Å². The summed E-state index contributed by atoms with van der Waals surface area (Å²) in [6.45, 7) is 7.49. The second kappa shape index (κ2) is 7.91. The Kier molecular flexibility index (Phi) is 6.52. The lowest BCUT2D eigenvalue weighted by Gasteiger charge is -2.09. The first-order chi connectivity index (χ1) is 9.04. The Bertz CT molecular complexity index is 463. The fraction of sp³-hybridized carbons (Fsp3) is 0.385. The van der Waals surface area contributed by atoms with Gasteiger partial charge in [-0.25, -0.2) is 0 Å². The van der Waals surface area contributed by atoms with Crippen LogP contribution >= 0.6 is 15.9 Å². The monoisotopic (exact) mass is 328 g/mol. The van der Waals surface area contributed by atoms with E-state index in [4.69, 9.17) is 4.74 Å². The van der Waals surface area contributed by atoms with Crippen molar-refractivity contribution < 1.29 is 9.66 Å². The normalized spacial score (nSPS) is 10.2. The summed E-state index contributed by atoms with van der Waals surface area (Å²) in [6.07, 6.45) is 1.04. The number of hydrogen-bond acceptors (Lipinski definition) is 4. The number of halogens is 1. The molecule has 1 aromatic rings. The summed E-state index contributed by atoms with van der Waals surface area (Å²) >= 11 is 3.16. The van der Waals surface area contributed by atoms with Crippen LogP contribution in [0.3, 0.4) is 0 Å². The van der Waals surface area contributed by atoms with Crippen molar-refractivity contribution in [2.45, 2.75) is 19.9 Å². The first-order valence-electron chi connectivity index (χ1n) is 5.98. The van der Waals surface area contributed by atoms with Crippen LogP contribution < -0.4 is 10.1 Å². The summed E-state index contributed by atoms with van der Waals surface area (Å²) in [5.74, 6) is 0.265. The van der Waals surface area contributed by atoms with E-state index in [9.17, 15) is 10.1 Å². The Morgan fingerprint density at radius 1 is 1.58 bits per heavy atom. The maximum absolute atomic E-state index is 10.9. The zero-order valence-electron chi connectivity index (χ0n) is 10.8. The van der Waals surface area contributed by atoms with Crippen molar-refractivity contribution in [2.75, 3.05) is 13.2 Å². The molecule has 0 aromatic heterocycles. The molecule has 0 aliphatic rings. The molecule has 0 bridgehead atoms. The highest BCUT2D eigenvalue weighted by Crippen LogP contribution is 2.28. The van der Waals surface area contributed by atoms with E-state index in [1.54, 1.807) is 12.1 Å². The van der Waals surface area contributed by atoms with Gasteiger partial charge in [-0.15, -0.1) is 0 Å². The molecule has 0 fully saturated rings. The van der Waals surface area contributed by atoms with Crippen molar-refractivity contribution in [3.63, 3.8) is 0 Å². The van der Waals surface area contributed by atoms with Crippen molar-refractivity contribution in [2.24, 2.45) is 0 Å². The van der Waals surface area contributed by atoms with Crippen molar-refractivity contribution in [3.8, 4) is 5.75 Å². The molecule has 1 aromatic carbocycles. The molecule has 0 saturated heterocycles. The molecule has 0 amide bonds. The van der Waals surface area contributed by atoms with Crippen molar-refractivity contribution in [1.82, 2.24) is 5.32 Å². The summed E-state index contributed by atoms with van der Waals surface area (Å²) in [5.41, 5.74) is 0.919. The van der Waals surface area contributed by atoms with Gasteiger partial charge in [-0.1, -0.05) is 35.5 Å². The second-order valence-electron chi connectivity index (χ2n) is 4.04. The SMILES string of the molecule is C=C(Br)COc1cc(CNCCC)ccc1[N+](=O)[O-]. The minimum absolute atomic E-state index is 0.0343. The molecule has 0 atom stereocenters. The number of nitro groups is 1. The van der Waals surface area contributed by atoms with E-state index in [0.29, 0.717) is 11.0 Å². The molecule has 0 saturated carbocycles. The number of ether oxygens (including phenoxy) is 1. The Hall–Kier alpha value is -1.40. The highest BCUT2D eigenvalue weighted by molar-refractivity contribution is 9.11. The predicted molar refractivity (Wildman–Crippen MR) is 78.7 cm³/mol. The molecule has 1 rings (SSSR count). The van der Waals surface area contributed by atoms with Crippen LogP contribution in [-0.4, -0.2) is 18.1 Å². The highest BCUT2D eigenvalue weighted by Gasteiger charge is 2.15. The number of benzene rings is 1. The molecule has 0 unspecified atom stereocenters. The van der Waals surface area contributed by atoms with Gasteiger partial charge >= 0.3 is 5.69 Å². The van der Waals surface area contributed by atoms with Gasteiger partial charge in [0.25, 0.3) is 0 Å². The average molecular weight is 329 g/mol. The average Bonchev–Trinajstić information content (AvgIpc) is 2.36. The van der Waals surface area contributed by atoms with E-state index in [-0.39, 0.29) is 18.0 Å². The van der Waals surface area contributed by atoms with Crippen LogP contribution in [0.25, 0.3) is 0 Å². The van der Waals surface area contributed by atoms with Gasteiger partial charge in [0.1, 0.15) is 6.61 Å². The first kappa shape index (κ1) is 15.7. The van der Waals surface area contributed by atoms with Crippen molar-refractivity contribution in [1.29, 1.82) is 0 Å². The highest BCUT2D eigenvalue weighted by atomic mass is 79.9. The standard InChI is InChI=1S/C13H17BrN2O3/c1-3-6-15-8-11-4-5-12(16(17)18)13(7-11)19-9-10(2)14/h4-5,7,15H,2-3,6,8-9H2,1H3. The lowest BCUT2D eigenvalue weighted by molar-refractivity contribution is -0.385. The molecule has 0 aliphatic heterocycles. The van der Waals surface area contributed by atoms with Crippen LogP contribution in [0, 0.1) is 10.1 Å². The second-order valence-corrected chi connectivity index (χ2v) is 5.16. The van der Waals surface area contributed by atoms with Gasteiger partial charge in [0.15, 0.2) is 5.75 Å². The summed E-state index contributed by atoms with van der Waals surface area (Å²) in [5, 5.41) is 14.2. The molecule has 1 N–H and O–H groups in total. The van der Waals surface area contributed by atoms with Gasteiger partial charge in [-0.3, -0.25) is 10.1 Å². The molecule has 5 nitrogen and oxygen atoms in total. The molecule has 0 radical (unpaired) electrons. The van der Waals surface area contributed by atoms with Gasteiger partial charge in [0, 0.05) is 17.1 Å². The van der Waals surface area contributed by atoms with Crippen molar-refractivity contribution >= 4 is 21.6 Å². The van der Waals surface area contributed by atoms with Crippen molar-refractivity contribution in [3.05, 3.63) is 44.9 Å². The van der Waals surface area contributed by atoms with Crippen LogP contribution in [0.4, 0.5) is 5.69 Å². The van der Waals surface area contributed by atoms with Gasteiger partial charge in [0.2, 0.25) is 0 Å². The van der Waals surface area contributed by atoms with E-state index < -0.39 is 4.92 Å². The molecule has 0 heterocycles. The lowest BCUT2D eigenvalue weighted by Crippen LogP contribution is -2.14. The smallest absolute Gasteiger partial charge is 0.310 e. The molecule has 6 heteroatoms. The predicted octanol–water partition coefficient (Wildman–Crippen LogP) is 3.38. The molecule has 0 spiro atoms. The molecule has 19 heavy (non-hydrogen) atoms. The third kappa shape index (κ3) is 5.40. The van der Waals surface area contributed by atoms with Crippen LogP contribution in [0.15, 0.2) is 29.3 Å². The quantitative estimate of drug-likeness (QED) is 0.451. The topological polar surface area (TPSA) is 64.4 Å². The number of rotatable bonds is 8. The minimum atomic E-state index is -0.449. The van der Waals surface area contributed by atoms with E-state index in [2.05, 4.69) is 34.7 Å². The maximum atomic E-state index is 10.9. The third-order valence-corrected chi connectivity index (χ3v) is 2.59. The van der Waals surface area contributed by atoms with Gasteiger partial charge < -0.3 is 10.1 Å². The number of nitrogens with one attached hydrogen (secondary N) is 1. The summed E-state index contributed by atoms with van der Waals surface area (Å²) in [6, 6.07) is 4.89. The van der Waals surface area contributed by atoms with Gasteiger partial charge in [-0.05, 0) is 24.6 Å². The Morgan fingerprint density at radius 2 is 2.32 bits per heavy atom. The van der Waals surface area contributed by atoms with Gasteiger partial charge in [0.05, 0.1) is 4.92 Å². The minimum Gasteiger partial charge on any atom is -0.481 e. The molecular weight excluding hydrogens is 312 g/mol. The number of nitrogens with zero attached hydrogens (tertiary/aromatic N) is 1. The zero-order valence-corrected chi connectivity index (χ0v) is 12.4. The zero-order chi connectivity index (χ0) is 14.3.